The van der Waals surface area contributed by atoms with E-state index in [0.717, 1.165) is 0 Å². The third-order valence-electron chi connectivity index (χ3n) is 5.27. The molecule has 3 N–H and O–H groups in total. The number of carbonyl (C=O) groups excluding carboxylic acids is 1. The lowest BCUT2D eigenvalue weighted by Gasteiger charge is -2.18. The Morgan fingerprint density at radius 3 is 2.86 bits per heavy atom. The smallest absolute Gasteiger partial charge is 0.273 e. The summed E-state index contributed by atoms with van der Waals surface area (Å²) in [6.45, 7) is -2.81. The first-order valence-electron chi connectivity index (χ1n) is 12.1. The molecule has 3 aromatic heterocycles. The number of hydrogen-bond donors (Lipinski definition) is 3. The number of rotatable bonds is 3. The number of fused-ring (bicyclic) bond motifs is 6. The van der Waals surface area contributed by atoms with Gasteiger partial charge in [0.1, 0.15) is 23.7 Å². The number of anilines is 4. The van der Waals surface area contributed by atoms with Crippen molar-refractivity contribution in [1.82, 2.24) is 35.3 Å². The summed E-state index contributed by atoms with van der Waals surface area (Å²) in [6.07, 6.45) is 1.53. The van der Waals surface area contributed by atoms with Gasteiger partial charge < -0.3 is 25.4 Å². The average molecular weight is 495 g/mol. The normalized spacial score (nSPS) is 14.2. The summed E-state index contributed by atoms with van der Waals surface area (Å²) in [4.78, 5) is 21.4. The molecule has 36 heavy (non-hydrogen) atoms. The SMILES string of the molecule is [2H]C([2H])([2H])NC(=O)c1nnc2cc1Nc1cc(cc(-c3ncn(C)n3)c1OC)COCc1nc(ccc1F)N2. The van der Waals surface area contributed by atoms with E-state index in [4.69, 9.17) is 13.6 Å². The number of methoxy groups -OCH3 is 1. The Balaban J connectivity index is 1.68. The van der Waals surface area contributed by atoms with Gasteiger partial charge in [0.15, 0.2) is 23.1 Å². The van der Waals surface area contributed by atoms with Gasteiger partial charge in [-0.25, -0.2) is 14.4 Å². The molecule has 0 fully saturated rings. The Kier molecular flexibility index (Phi) is 5.20. The standard InChI is InChI=1S/C23H22FN9O3/c1-25-23(34)20-15-8-19(30-31-20)29-18-5-4-14(24)17(28-18)10-36-9-12-6-13(22-26-11-33(2)32-22)21(35-3)16(7-12)27-15/h4-8,11,27H,9-10H2,1-3H3,(H,25,34)(H,28,29,30)/i1D3. The van der Waals surface area contributed by atoms with E-state index in [1.54, 1.807) is 19.2 Å². The second-order valence-electron chi connectivity index (χ2n) is 7.78. The van der Waals surface area contributed by atoms with Crippen molar-refractivity contribution < 1.29 is 22.8 Å². The molecule has 0 spiro atoms. The average Bonchev–Trinajstić information content (AvgIpc) is 3.30. The highest BCUT2D eigenvalue weighted by atomic mass is 19.1. The van der Waals surface area contributed by atoms with Gasteiger partial charge in [0.2, 0.25) is 0 Å². The first-order valence-corrected chi connectivity index (χ1v) is 10.6. The summed E-state index contributed by atoms with van der Waals surface area (Å²) in [5, 5.41) is 20.2. The molecule has 6 bridgehead atoms. The topological polar surface area (TPSA) is 141 Å². The van der Waals surface area contributed by atoms with Gasteiger partial charge in [0, 0.05) is 24.2 Å². The van der Waals surface area contributed by atoms with Gasteiger partial charge in [-0.15, -0.1) is 10.2 Å². The van der Waals surface area contributed by atoms with Crippen molar-refractivity contribution in [2.75, 3.05) is 24.7 Å². The summed E-state index contributed by atoms with van der Waals surface area (Å²) in [7, 11) is 3.18. The Hall–Kier alpha value is -4.65. The molecule has 0 atom stereocenters. The molecule has 1 aliphatic heterocycles. The van der Waals surface area contributed by atoms with Gasteiger partial charge in [-0.05, 0) is 29.8 Å². The van der Waals surface area contributed by atoms with Crippen LogP contribution in [-0.4, -0.2) is 49.9 Å². The van der Waals surface area contributed by atoms with Gasteiger partial charge in [-0.2, -0.15) is 5.10 Å². The largest absolute Gasteiger partial charge is 0.494 e. The van der Waals surface area contributed by atoms with E-state index in [2.05, 4.69) is 35.9 Å². The predicted molar refractivity (Wildman–Crippen MR) is 128 cm³/mol. The highest BCUT2D eigenvalue weighted by Crippen LogP contribution is 2.39. The molecular formula is C23H22FN9O3. The molecule has 13 heteroatoms. The van der Waals surface area contributed by atoms with Crippen molar-refractivity contribution in [2.45, 2.75) is 13.2 Å². The van der Waals surface area contributed by atoms with Crippen LogP contribution in [0.5, 0.6) is 5.75 Å². The minimum absolute atomic E-state index is 0.0590. The molecule has 4 heterocycles. The van der Waals surface area contributed by atoms with E-state index < -0.39 is 18.7 Å². The molecule has 1 amide bonds. The molecule has 1 aromatic carbocycles. The quantitative estimate of drug-likeness (QED) is 0.389. The van der Waals surface area contributed by atoms with Gasteiger partial charge in [0.05, 0.1) is 37.3 Å². The number of ether oxygens (including phenoxy) is 2. The van der Waals surface area contributed by atoms with E-state index in [1.807, 2.05) is 5.32 Å². The second-order valence-corrected chi connectivity index (χ2v) is 7.78. The Morgan fingerprint density at radius 1 is 1.19 bits per heavy atom. The number of nitrogens with one attached hydrogen (secondary N) is 3. The van der Waals surface area contributed by atoms with E-state index in [1.165, 1.54) is 36.3 Å². The molecular weight excluding hydrogens is 469 g/mol. The van der Waals surface area contributed by atoms with Crippen LogP contribution in [0, 0.1) is 5.82 Å². The maximum atomic E-state index is 14.4. The van der Waals surface area contributed by atoms with E-state index in [-0.39, 0.29) is 41.9 Å². The minimum Gasteiger partial charge on any atom is -0.494 e. The minimum atomic E-state index is -2.76. The maximum Gasteiger partial charge on any atom is 0.273 e. The number of pyridine rings is 1. The van der Waals surface area contributed by atoms with Crippen LogP contribution in [0.25, 0.3) is 11.4 Å². The fraction of sp³-hybridized carbons (Fsp3) is 0.217. The highest BCUT2D eigenvalue weighted by molar-refractivity contribution is 5.99. The van der Waals surface area contributed by atoms with Crippen molar-refractivity contribution in [3.05, 3.63) is 59.4 Å². The lowest BCUT2D eigenvalue weighted by atomic mass is 10.1. The second kappa shape index (κ2) is 9.54. The summed E-state index contributed by atoms with van der Waals surface area (Å²) in [5.74, 6) is -0.435. The molecule has 0 radical (unpaired) electrons. The summed E-state index contributed by atoms with van der Waals surface area (Å²) < 4.78 is 49.7. The lowest BCUT2D eigenvalue weighted by Crippen LogP contribution is -2.21. The number of benzene rings is 1. The molecule has 0 saturated heterocycles. The zero-order valence-electron chi connectivity index (χ0n) is 22.2. The van der Waals surface area contributed by atoms with Gasteiger partial charge >= 0.3 is 0 Å². The maximum absolute atomic E-state index is 14.4. The zero-order chi connectivity index (χ0) is 27.7. The summed E-state index contributed by atoms with van der Waals surface area (Å²) >= 11 is 0. The first-order chi connectivity index (χ1) is 18.6. The fourth-order valence-corrected chi connectivity index (χ4v) is 3.69. The molecule has 4 aromatic rings. The predicted octanol–water partition coefficient (Wildman–Crippen LogP) is 2.69. The molecule has 1 aliphatic rings. The van der Waals surface area contributed by atoms with E-state index >= 15 is 0 Å². The molecule has 5 rings (SSSR count). The van der Waals surface area contributed by atoms with Crippen LogP contribution in [0.15, 0.2) is 36.7 Å². The van der Waals surface area contributed by atoms with Gasteiger partial charge in [-0.1, -0.05) is 0 Å². The highest BCUT2D eigenvalue weighted by Gasteiger charge is 2.21. The fourth-order valence-electron chi connectivity index (χ4n) is 3.69. The molecule has 0 aliphatic carbocycles. The lowest BCUT2D eigenvalue weighted by molar-refractivity contribution is 0.0958. The van der Waals surface area contributed by atoms with Gasteiger partial charge in [-0.3, -0.25) is 9.48 Å². The summed E-state index contributed by atoms with van der Waals surface area (Å²) in [5.41, 5.74) is 1.40. The molecule has 0 saturated carbocycles. The third kappa shape index (κ3) is 4.51. The van der Waals surface area contributed by atoms with Crippen LogP contribution >= 0.6 is 0 Å². The first kappa shape index (κ1) is 19.6. The van der Waals surface area contributed by atoms with Crippen LogP contribution in [0.1, 0.15) is 25.9 Å². The molecule has 0 unspecified atom stereocenters. The number of aromatic nitrogens is 6. The van der Waals surface area contributed by atoms with Crippen molar-refractivity contribution in [3.63, 3.8) is 0 Å². The Labute approximate surface area is 209 Å². The Bertz CT molecular complexity index is 1560. The van der Waals surface area contributed by atoms with Crippen molar-refractivity contribution in [3.8, 4) is 17.1 Å². The summed E-state index contributed by atoms with van der Waals surface area (Å²) in [6, 6.07) is 7.56. The van der Waals surface area contributed by atoms with Crippen molar-refractivity contribution in [2.24, 2.45) is 7.05 Å². The number of aryl methyl sites for hydroxylation is 1. The van der Waals surface area contributed by atoms with Crippen LogP contribution in [0.2, 0.25) is 0 Å². The van der Waals surface area contributed by atoms with Crippen LogP contribution in [0.4, 0.5) is 27.4 Å². The van der Waals surface area contributed by atoms with Crippen molar-refractivity contribution in [1.29, 1.82) is 0 Å². The monoisotopic (exact) mass is 494 g/mol. The number of amides is 1. The van der Waals surface area contributed by atoms with Crippen LogP contribution < -0.4 is 20.7 Å². The van der Waals surface area contributed by atoms with E-state index in [0.29, 0.717) is 28.4 Å². The van der Waals surface area contributed by atoms with E-state index in [9.17, 15) is 9.18 Å². The van der Waals surface area contributed by atoms with Crippen molar-refractivity contribution >= 4 is 28.9 Å². The number of halogens is 1. The van der Waals surface area contributed by atoms with Crippen LogP contribution in [0.3, 0.4) is 0 Å². The molecule has 12 nitrogen and oxygen atoms in total. The van der Waals surface area contributed by atoms with Gasteiger partial charge in [0.25, 0.3) is 5.91 Å². The number of hydrogen-bond acceptors (Lipinski definition) is 10. The third-order valence-corrected chi connectivity index (χ3v) is 5.27. The number of nitrogens with zero attached hydrogens (tertiary/aromatic N) is 6. The molecule has 184 valence electrons. The Morgan fingerprint density at radius 2 is 2.08 bits per heavy atom. The number of carbonyl (C=O) groups is 1. The van der Waals surface area contributed by atoms with Crippen LogP contribution in [-0.2, 0) is 25.0 Å². The zero-order valence-corrected chi connectivity index (χ0v) is 19.2.